The normalized spacial score (nSPS) is 14.2. The largest absolute Gasteiger partial charge is 0.352 e. The van der Waals surface area contributed by atoms with Gasteiger partial charge in [0.15, 0.2) is 0 Å². The minimum absolute atomic E-state index is 0.0920. The monoisotopic (exact) mass is 280 g/mol. The summed E-state index contributed by atoms with van der Waals surface area (Å²) in [5.74, 6) is 1.23. The zero-order valence-electron chi connectivity index (χ0n) is 12.9. The Morgan fingerprint density at radius 2 is 2.10 bits per heavy atom. The summed E-state index contributed by atoms with van der Waals surface area (Å²) in [6.07, 6.45) is 6.13. The first kappa shape index (κ1) is 16.7. The topological polar surface area (TPSA) is 72.9 Å². The van der Waals surface area contributed by atoms with Gasteiger partial charge in [-0.1, -0.05) is 13.8 Å². The van der Waals surface area contributed by atoms with E-state index in [9.17, 15) is 4.79 Å². The standard InChI is InChI=1S/C15H28N4O/c1-12(2)14(7-8-16)5-6-15(20)18-13(3)11-19-10-4-9-17-19/h4,9-10,12-14H,5-8,11,16H2,1-3H3,(H,18,20). The molecule has 1 aromatic rings. The number of aromatic nitrogens is 2. The van der Waals surface area contributed by atoms with Crippen LogP contribution in [-0.4, -0.2) is 28.3 Å². The van der Waals surface area contributed by atoms with E-state index in [0.29, 0.717) is 31.3 Å². The van der Waals surface area contributed by atoms with E-state index in [0.717, 1.165) is 12.8 Å². The highest BCUT2D eigenvalue weighted by Crippen LogP contribution is 2.20. The molecule has 1 aromatic heterocycles. The van der Waals surface area contributed by atoms with Gasteiger partial charge in [0.1, 0.15) is 0 Å². The summed E-state index contributed by atoms with van der Waals surface area (Å²) in [5.41, 5.74) is 5.62. The smallest absolute Gasteiger partial charge is 0.220 e. The van der Waals surface area contributed by atoms with Crippen LogP contribution >= 0.6 is 0 Å². The third kappa shape index (κ3) is 6.19. The zero-order chi connectivity index (χ0) is 15.0. The molecule has 0 radical (unpaired) electrons. The molecule has 0 aliphatic rings. The first-order valence-corrected chi connectivity index (χ1v) is 7.49. The number of hydrogen-bond donors (Lipinski definition) is 2. The molecule has 0 saturated heterocycles. The van der Waals surface area contributed by atoms with Gasteiger partial charge in [-0.15, -0.1) is 0 Å². The molecule has 0 aliphatic heterocycles. The van der Waals surface area contributed by atoms with Crippen LogP contribution in [0.1, 0.15) is 40.0 Å². The summed E-state index contributed by atoms with van der Waals surface area (Å²) >= 11 is 0. The quantitative estimate of drug-likeness (QED) is 0.724. The van der Waals surface area contributed by atoms with Crippen molar-refractivity contribution in [3.63, 3.8) is 0 Å². The second-order valence-corrected chi connectivity index (χ2v) is 5.82. The molecule has 114 valence electrons. The van der Waals surface area contributed by atoms with Crippen molar-refractivity contribution < 1.29 is 4.79 Å². The Hall–Kier alpha value is -1.36. The van der Waals surface area contributed by atoms with Crippen LogP contribution in [0.2, 0.25) is 0 Å². The third-order valence-electron chi connectivity index (χ3n) is 3.65. The van der Waals surface area contributed by atoms with Gasteiger partial charge in [-0.3, -0.25) is 9.48 Å². The van der Waals surface area contributed by atoms with Gasteiger partial charge in [0.2, 0.25) is 5.91 Å². The molecule has 5 heteroatoms. The number of nitrogens with one attached hydrogen (secondary N) is 1. The summed E-state index contributed by atoms with van der Waals surface area (Å²) in [6.45, 7) is 7.78. The fourth-order valence-corrected chi connectivity index (χ4v) is 2.42. The highest BCUT2D eigenvalue weighted by Gasteiger charge is 2.15. The summed E-state index contributed by atoms with van der Waals surface area (Å²) in [6, 6.07) is 1.98. The maximum Gasteiger partial charge on any atom is 0.220 e. The lowest BCUT2D eigenvalue weighted by atomic mass is 9.88. The fraction of sp³-hybridized carbons (Fsp3) is 0.733. The summed E-state index contributed by atoms with van der Waals surface area (Å²) < 4.78 is 1.83. The van der Waals surface area contributed by atoms with E-state index in [1.54, 1.807) is 6.20 Å². The zero-order valence-corrected chi connectivity index (χ0v) is 12.9. The molecule has 0 bridgehead atoms. The highest BCUT2D eigenvalue weighted by atomic mass is 16.1. The molecule has 5 nitrogen and oxygen atoms in total. The minimum Gasteiger partial charge on any atom is -0.352 e. The predicted molar refractivity (Wildman–Crippen MR) is 81.1 cm³/mol. The van der Waals surface area contributed by atoms with E-state index in [2.05, 4.69) is 24.3 Å². The van der Waals surface area contributed by atoms with Crippen LogP contribution in [0.15, 0.2) is 18.5 Å². The lowest BCUT2D eigenvalue weighted by molar-refractivity contribution is -0.122. The van der Waals surface area contributed by atoms with Gasteiger partial charge in [-0.05, 0) is 44.2 Å². The van der Waals surface area contributed by atoms with Gasteiger partial charge in [-0.2, -0.15) is 5.10 Å². The van der Waals surface area contributed by atoms with Gasteiger partial charge in [0.25, 0.3) is 0 Å². The van der Waals surface area contributed by atoms with Crippen molar-refractivity contribution in [3.05, 3.63) is 18.5 Å². The Morgan fingerprint density at radius 1 is 1.35 bits per heavy atom. The van der Waals surface area contributed by atoms with Crippen LogP contribution in [0.3, 0.4) is 0 Å². The minimum atomic E-state index is 0.0920. The lowest BCUT2D eigenvalue weighted by Gasteiger charge is -2.20. The number of nitrogens with two attached hydrogens (primary N) is 1. The van der Waals surface area contributed by atoms with Crippen molar-refractivity contribution in [1.29, 1.82) is 0 Å². The fourth-order valence-electron chi connectivity index (χ4n) is 2.42. The molecule has 0 aliphatic carbocycles. The van der Waals surface area contributed by atoms with Crippen molar-refractivity contribution in [2.24, 2.45) is 17.6 Å². The predicted octanol–water partition coefficient (Wildman–Crippen LogP) is 1.79. The maximum atomic E-state index is 11.9. The maximum absolute atomic E-state index is 11.9. The Morgan fingerprint density at radius 3 is 2.65 bits per heavy atom. The molecule has 2 atom stereocenters. The Bertz CT molecular complexity index is 375. The number of carbonyl (C=O) groups is 1. The van der Waals surface area contributed by atoms with Gasteiger partial charge >= 0.3 is 0 Å². The Kier molecular flexibility index (Phi) is 7.30. The Labute approximate surface area is 121 Å². The number of hydrogen-bond acceptors (Lipinski definition) is 3. The molecule has 1 heterocycles. The second-order valence-electron chi connectivity index (χ2n) is 5.82. The molecule has 0 aromatic carbocycles. The molecule has 0 spiro atoms. The number of amides is 1. The van der Waals surface area contributed by atoms with E-state index in [1.165, 1.54) is 0 Å². The molecular weight excluding hydrogens is 252 g/mol. The lowest BCUT2D eigenvalue weighted by Crippen LogP contribution is -2.36. The van der Waals surface area contributed by atoms with Crippen LogP contribution in [0.5, 0.6) is 0 Å². The van der Waals surface area contributed by atoms with Gasteiger partial charge < -0.3 is 11.1 Å². The average molecular weight is 280 g/mol. The van der Waals surface area contributed by atoms with Crippen molar-refractivity contribution in [2.45, 2.75) is 52.6 Å². The van der Waals surface area contributed by atoms with Crippen molar-refractivity contribution >= 4 is 5.91 Å². The summed E-state index contributed by atoms with van der Waals surface area (Å²) in [7, 11) is 0. The van der Waals surface area contributed by atoms with Crippen molar-refractivity contribution in [1.82, 2.24) is 15.1 Å². The van der Waals surface area contributed by atoms with E-state index in [1.807, 2.05) is 23.9 Å². The molecule has 2 unspecified atom stereocenters. The molecule has 20 heavy (non-hydrogen) atoms. The van der Waals surface area contributed by atoms with Gasteiger partial charge in [0.05, 0.1) is 6.54 Å². The van der Waals surface area contributed by atoms with Crippen LogP contribution in [-0.2, 0) is 11.3 Å². The highest BCUT2D eigenvalue weighted by molar-refractivity contribution is 5.76. The van der Waals surface area contributed by atoms with E-state index in [-0.39, 0.29) is 11.9 Å². The van der Waals surface area contributed by atoms with E-state index < -0.39 is 0 Å². The van der Waals surface area contributed by atoms with Crippen molar-refractivity contribution in [2.75, 3.05) is 6.54 Å². The van der Waals surface area contributed by atoms with E-state index in [4.69, 9.17) is 5.73 Å². The molecule has 0 fully saturated rings. The van der Waals surface area contributed by atoms with Crippen LogP contribution in [0.25, 0.3) is 0 Å². The summed E-state index contributed by atoms with van der Waals surface area (Å²) in [5, 5.41) is 7.16. The third-order valence-corrected chi connectivity index (χ3v) is 3.65. The Balaban J connectivity index is 2.28. The van der Waals surface area contributed by atoms with Gasteiger partial charge in [-0.25, -0.2) is 0 Å². The van der Waals surface area contributed by atoms with Crippen LogP contribution in [0.4, 0.5) is 0 Å². The molecule has 0 saturated carbocycles. The van der Waals surface area contributed by atoms with Crippen LogP contribution in [0, 0.1) is 11.8 Å². The second kappa shape index (κ2) is 8.74. The average Bonchev–Trinajstić information content (AvgIpc) is 2.86. The van der Waals surface area contributed by atoms with Crippen molar-refractivity contribution in [3.8, 4) is 0 Å². The first-order valence-electron chi connectivity index (χ1n) is 7.49. The van der Waals surface area contributed by atoms with E-state index >= 15 is 0 Å². The van der Waals surface area contributed by atoms with Gasteiger partial charge in [0, 0.05) is 24.9 Å². The number of rotatable bonds is 9. The molecule has 3 N–H and O–H groups in total. The first-order chi connectivity index (χ1) is 9.52. The molecular formula is C15H28N4O. The summed E-state index contributed by atoms with van der Waals surface area (Å²) in [4.78, 5) is 11.9. The number of carbonyl (C=O) groups excluding carboxylic acids is 1. The van der Waals surface area contributed by atoms with Crippen LogP contribution < -0.4 is 11.1 Å². The number of nitrogens with zero attached hydrogens (tertiary/aromatic N) is 2. The SMILES string of the molecule is CC(Cn1cccn1)NC(=O)CCC(CCN)C(C)C. The molecule has 1 amide bonds. The molecule has 1 rings (SSSR count).